The van der Waals surface area contributed by atoms with E-state index >= 15 is 0 Å². The second kappa shape index (κ2) is 8.94. The summed E-state index contributed by atoms with van der Waals surface area (Å²) >= 11 is 0. The van der Waals surface area contributed by atoms with Crippen LogP contribution in [-0.4, -0.2) is 58.0 Å². The molecule has 6 nitrogen and oxygen atoms in total. The van der Waals surface area contributed by atoms with Gasteiger partial charge in [-0.25, -0.2) is 8.42 Å². The summed E-state index contributed by atoms with van der Waals surface area (Å²) in [6.45, 7) is 5.05. The highest BCUT2D eigenvalue weighted by molar-refractivity contribution is 7.89. The quantitative estimate of drug-likeness (QED) is 0.710. The fraction of sp³-hybridized carbons (Fsp3) is 0.429. The Bertz CT molecular complexity index is 889. The van der Waals surface area contributed by atoms with Gasteiger partial charge in [0.2, 0.25) is 10.0 Å². The van der Waals surface area contributed by atoms with Gasteiger partial charge in [-0.3, -0.25) is 4.90 Å². The molecular weight excluding hydrogens is 376 g/mol. The lowest BCUT2D eigenvalue weighted by Crippen LogP contribution is -2.48. The monoisotopic (exact) mass is 404 g/mol. The van der Waals surface area contributed by atoms with Gasteiger partial charge in [0.05, 0.1) is 19.1 Å². The molecule has 0 atom stereocenters. The van der Waals surface area contributed by atoms with Crippen LogP contribution in [0.4, 0.5) is 0 Å². The number of sulfonamides is 1. The van der Waals surface area contributed by atoms with Crippen molar-refractivity contribution in [2.45, 2.75) is 24.8 Å². The largest absolute Gasteiger partial charge is 0.497 e. The summed E-state index contributed by atoms with van der Waals surface area (Å²) in [4.78, 5) is 2.61. The number of benzene rings is 2. The molecule has 0 spiro atoms. The van der Waals surface area contributed by atoms with Crippen LogP contribution in [0.15, 0.2) is 47.4 Å². The smallest absolute Gasteiger partial charge is 0.243 e. The Labute approximate surface area is 167 Å². The Morgan fingerprint density at radius 1 is 0.929 bits per heavy atom. The minimum atomic E-state index is -3.44. The van der Waals surface area contributed by atoms with Crippen molar-refractivity contribution >= 4 is 10.0 Å². The van der Waals surface area contributed by atoms with Crippen molar-refractivity contribution in [3.05, 3.63) is 53.6 Å². The Morgan fingerprint density at radius 2 is 1.61 bits per heavy atom. The highest BCUT2D eigenvalue weighted by Crippen LogP contribution is 2.26. The van der Waals surface area contributed by atoms with Crippen molar-refractivity contribution in [1.29, 1.82) is 0 Å². The van der Waals surface area contributed by atoms with Crippen LogP contribution in [0.5, 0.6) is 11.5 Å². The number of piperazine rings is 1. The maximum absolute atomic E-state index is 12.9. The minimum Gasteiger partial charge on any atom is -0.497 e. The molecule has 2 aromatic rings. The van der Waals surface area contributed by atoms with Gasteiger partial charge < -0.3 is 9.47 Å². The van der Waals surface area contributed by atoms with Gasteiger partial charge in [0, 0.05) is 38.3 Å². The van der Waals surface area contributed by atoms with Crippen molar-refractivity contribution in [1.82, 2.24) is 9.21 Å². The summed E-state index contributed by atoms with van der Waals surface area (Å²) < 4.78 is 38.1. The SMILES string of the molecule is CCc1ccc(S(=O)(=O)N2CCN(Cc3cc(OC)ccc3OC)CC2)cc1. The highest BCUT2D eigenvalue weighted by Gasteiger charge is 2.28. The number of nitrogens with zero attached hydrogens (tertiary/aromatic N) is 2. The van der Waals surface area contributed by atoms with Crippen molar-refractivity contribution < 1.29 is 17.9 Å². The maximum atomic E-state index is 12.9. The molecule has 1 saturated heterocycles. The summed E-state index contributed by atoms with van der Waals surface area (Å²) in [6.07, 6.45) is 0.896. The minimum absolute atomic E-state index is 0.368. The molecule has 0 saturated carbocycles. The molecular formula is C21H28N2O4S. The summed E-state index contributed by atoms with van der Waals surface area (Å²) in [7, 11) is -0.151. The van der Waals surface area contributed by atoms with Crippen molar-refractivity contribution in [2.24, 2.45) is 0 Å². The predicted octanol–water partition coefficient (Wildman–Crippen LogP) is 2.77. The zero-order chi connectivity index (χ0) is 20.1. The first-order chi connectivity index (χ1) is 13.5. The molecule has 1 aliphatic rings. The van der Waals surface area contributed by atoms with E-state index in [9.17, 15) is 8.42 Å². The first kappa shape index (κ1) is 20.6. The number of aryl methyl sites for hydroxylation is 1. The lowest BCUT2D eigenvalue weighted by molar-refractivity contribution is 0.180. The van der Waals surface area contributed by atoms with Gasteiger partial charge in [-0.15, -0.1) is 0 Å². The molecule has 0 amide bonds. The van der Waals surface area contributed by atoms with Gasteiger partial charge in [0.1, 0.15) is 11.5 Å². The Kier molecular flexibility index (Phi) is 6.59. The average molecular weight is 405 g/mol. The fourth-order valence-corrected chi connectivity index (χ4v) is 4.84. The second-order valence-electron chi connectivity index (χ2n) is 6.86. The molecule has 0 aromatic heterocycles. The molecule has 152 valence electrons. The predicted molar refractivity (Wildman–Crippen MR) is 109 cm³/mol. The Hall–Kier alpha value is -2.09. The van der Waals surface area contributed by atoms with Gasteiger partial charge >= 0.3 is 0 Å². The van der Waals surface area contributed by atoms with Gasteiger partial charge in [-0.1, -0.05) is 19.1 Å². The maximum Gasteiger partial charge on any atom is 0.243 e. The molecule has 0 aliphatic carbocycles. The van der Waals surface area contributed by atoms with Crippen LogP contribution < -0.4 is 9.47 Å². The van der Waals surface area contributed by atoms with Crippen molar-refractivity contribution in [2.75, 3.05) is 40.4 Å². The number of methoxy groups -OCH3 is 2. The number of hydrogen-bond donors (Lipinski definition) is 0. The van der Waals surface area contributed by atoms with Crippen LogP contribution in [0.3, 0.4) is 0 Å². The molecule has 0 bridgehead atoms. The van der Waals surface area contributed by atoms with E-state index in [4.69, 9.17) is 9.47 Å². The lowest BCUT2D eigenvalue weighted by Gasteiger charge is -2.34. The van der Waals surface area contributed by atoms with E-state index in [0.29, 0.717) is 37.6 Å². The fourth-order valence-electron chi connectivity index (χ4n) is 3.42. The van der Waals surface area contributed by atoms with Crippen LogP contribution >= 0.6 is 0 Å². The number of hydrogen-bond acceptors (Lipinski definition) is 5. The van der Waals surface area contributed by atoms with Crippen LogP contribution in [0, 0.1) is 0 Å². The lowest BCUT2D eigenvalue weighted by atomic mass is 10.1. The first-order valence-corrected chi connectivity index (χ1v) is 10.9. The molecule has 7 heteroatoms. The molecule has 3 rings (SSSR count). The Morgan fingerprint density at radius 3 is 2.18 bits per heavy atom. The van der Waals surface area contributed by atoms with Gasteiger partial charge in [0.15, 0.2) is 0 Å². The van der Waals surface area contributed by atoms with E-state index in [1.165, 1.54) is 0 Å². The van der Waals surface area contributed by atoms with Crippen molar-refractivity contribution in [3.63, 3.8) is 0 Å². The summed E-state index contributed by atoms with van der Waals surface area (Å²) in [6, 6.07) is 12.9. The third kappa shape index (κ3) is 4.48. The van der Waals surface area contributed by atoms with E-state index < -0.39 is 10.0 Å². The average Bonchev–Trinajstić information content (AvgIpc) is 2.74. The molecule has 0 radical (unpaired) electrons. The van der Waals surface area contributed by atoms with E-state index in [1.54, 1.807) is 30.7 Å². The van der Waals surface area contributed by atoms with Crippen LogP contribution in [-0.2, 0) is 23.0 Å². The van der Waals surface area contributed by atoms with Gasteiger partial charge in [-0.2, -0.15) is 4.31 Å². The third-order valence-electron chi connectivity index (χ3n) is 5.18. The summed E-state index contributed by atoms with van der Waals surface area (Å²) in [5.74, 6) is 1.60. The first-order valence-electron chi connectivity index (χ1n) is 9.50. The third-order valence-corrected chi connectivity index (χ3v) is 7.10. The van der Waals surface area contributed by atoms with E-state index in [-0.39, 0.29) is 0 Å². The topological polar surface area (TPSA) is 59.1 Å². The van der Waals surface area contributed by atoms with E-state index in [0.717, 1.165) is 29.0 Å². The number of rotatable bonds is 7. The standard InChI is InChI=1S/C21H28N2O4S/c1-4-17-5-8-20(9-6-17)28(24,25)23-13-11-22(12-14-23)16-18-15-19(26-2)7-10-21(18)27-3/h5-10,15H,4,11-14,16H2,1-3H3. The second-order valence-corrected chi connectivity index (χ2v) is 8.79. The van der Waals surface area contributed by atoms with E-state index in [2.05, 4.69) is 11.8 Å². The van der Waals surface area contributed by atoms with Crippen LogP contribution in [0.25, 0.3) is 0 Å². The van der Waals surface area contributed by atoms with E-state index in [1.807, 2.05) is 30.3 Å². The molecule has 2 aromatic carbocycles. The molecule has 1 heterocycles. The zero-order valence-corrected chi connectivity index (χ0v) is 17.5. The highest BCUT2D eigenvalue weighted by atomic mass is 32.2. The molecule has 28 heavy (non-hydrogen) atoms. The van der Waals surface area contributed by atoms with Crippen LogP contribution in [0.1, 0.15) is 18.1 Å². The normalized spacial score (nSPS) is 16.1. The van der Waals surface area contributed by atoms with Crippen LogP contribution in [0.2, 0.25) is 0 Å². The Balaban J connectivity index is 1.65. The van der Waals surface area contributed by atoms with Crippen molar-refractivity contribution in [3.8, 4) is 11.5 Å². The molecule has 0 N–H and O–H groups in total. The summed E-state index contributed by atoms with van der Waals surface area (Å²) in [5.41, 5.74) is 2.17. The van der Waals surface area contributed by atoms with Gasteiger partial charge in [-0.05, 0) is 42.3 Å². The molecule has 1 aliphatic heterocycles. The molecule has 1 fully saturated rings. The number of ether oxygens (including phenoxy) is 2. The molecule has 0 unspecified atom stereocenters. The van der Waals surface area contributed by atoms with Gasteiger partial charge in [0.25, 0.3) is 0 Å². The summed E-state index contributed by atoms with van der Waals surface area (Å²) in [5, 5.41) is 0. The zero-order valence-electron chi connectivity index (χ0n) is 16.7.